The van der Waals surface area contributed by atoms with Gasteiger partial charge in [0.25, 0.3) is 0 Å². The van der Waals surface area contributed by atoms with Gasteiger partial charge in [-0.3, -0.25) is 4.99 Å². The number of rotatable bonds is 10. The van der Waals surface area contributed by atoms with Crippen molar-refractivity contribution in [2.45, 2.75) is 63.7 Å². The van der Waals surface area contributed by atoms with Gasteiger partial charge in [-0.1, -0.05) is 46.0 Å². The Morgan fingerprint density at radius 2 is 1.78 bits per heavy atom. The summed E-state index contributed by atoms with van der Waals surface area (Å²) in [4.78, 5) is 4.59. The predicted octanol–water partition coefficient (Wildman–Crippen LogP) is 4.67. The molecule has 0 aliphatic carbocycles. The molecule has 0 saturated carbocycles. The van der Waals surface area contributed by atoms with Crippen LogP contribution < -0.4 is 4.74 Å². The molecule has 0 radical (unpaired) electrons. The molecular weight excluding hydrogens is 306 g/mol. The molecule has 0 saturated heterocycles. The third-order valence-electron chi connectivity index (χ3n) is 4.18. The van der Waals surface area contributed by atoms with Crippen LogP contribution in [0.1, 0.15) is 57.9 Å². The molecule has 4 heteroatoms. The second kappa shape index (κ2) is 9.99. The van der Waals surface area contributed by atoms with Gasteiger partial charge in [0.15, 0.2) is 0 Å². The number of aliphatic hydroxyl groups excluding tert-OH is 1. The topological polar surface area (TPSA) is 41.8 Å². The molecule has 0 fully saturated rings. The lowest BCUT2D eigenvalue weighted by Crippen LogP contribution is -2.17. The van der Waals surface area contributed by atoms with Crippen molar-refractivity contribution in [2.75, 3.05) is 13.2 Å². The first-order valence-electron chi connectivity index (χ1n) is 8.83. The first kappa shape index (κ1) is 18.3. The summed E-state index contributed by atoms with van der Waals surface area (Å²) in [5, 5.41) is 10.7. The number of aliphatic imine (C=N–C) groups is 1. The Labute approximate surface area is 144 Å². The highest BCUT2D eigenvalue weighted by Gasteiger charge is 2.26. The van der Waals surface area contributed by atoms with E-state index in [1.807, 2.05) is 12.1 Å². The fourth-order valence-corrected chi connectivity index (χ4v) is 3.76. The van der Waals surface area contributed by atoms with Gasteiger partial charge in [0.1, 0.15) is 5.75 Å². The third-order valence-corrected chi connectivity index (χ3v) is 5.43. The molecule has 1 aromatic rings. The van der Waals surface area contributed by atoms with Gasteiger partial charge in [0, 0.05) is 10.8 Å². The van der Waals surface area contributed by atoms with Crippen LogP contribution in [0.4, 0.5) is 0 Å². The summed E-state index contributed by atoms with van der Waals surface area (Å²) in [5.41, 5.74) is 1.12. The van der Waals surface area contributed by atoms with E-state index >= 15 is 0 Å². The van der Waals surface area contributed by atoms with Crippen LogP contribution in [0.2, 0.25) is 0 Å². The van der Waals surface area contributed by atoms with Crippen molar-refractivity contribution in [1.82, 2.24) is 0 Å². The van der Waals surface area contributed by atoms with Crippen LogP contribution in [0.25, 0.3) is 0 Å². The molecule has 0 spiro atoms. The van der Waals surface area contributed by atoms with E-state index in [-0.39, 0.29) is 12.6 Å². The van der Waals surface area contributed by atoms with Crippen LogP contribution in [-0.4, -0.2) is 34.7 Å². The van der Waals surface area contributed by atoms with Gasteiger partial charge in [-0.2, -0.15) is 0 Å². The Kier molecular flexibility index (Phi) is 7.96. The maximum atomic E-state index is 9.29. The molecule has 0 amide bonds. The van der Waals surface area contributed by atoms with Crippen molar-refractivity contribution < 1.29 is 9.84 Å². The second-order valence-corrected chi connectivity index (χ2v) is 7.51. The van der Waals surface area contributed by atoms with Crippen LogP contribution in [-0.2, 0) is 0 Å². The highest BCUT2D eigenvalue weighted by Crippen LogP contribution is 2.30. The summed E-state index contributed by atoms with van der Waals surface area (Å²) in [5.74, 6) is 0.928. The summed E-state index contributed by atoms with van der Waals surface area (Å²) in [6.07, 6.45) is 7.69. The predicted molar refractivity (Wildman–Crippen MR) is 99.8 cm³/mol. The van der Waals surface area contributed by atoms with Gasteiger partial charge in [0.05, 0.1) is 24.3 Å². The molecular formula is C19H29NO2S. The van der Waals surface area contributed by atoms with Crippen LogP contribution in [0.3, 0.4) is 0 Å². The lowest BCUT2D eigenvalue weighted by Gasteiger charge is -2.08. The summed E-state index contributed by atoms with van der Waals surface area (Å²) in [6, 6.07) is 8.20. The highest BCUT2D eigenvalue weighted by atomic mass is 32.2. The zero-order valence-corrected chi connectivity index (χ0v) is 15.1. The number of hydrogen-bond acceptors (Lipinski definition) is 4. The maximum absolute atomic E-state index is 9.29. The van der Waals surface area contributed by atoms with Crippen molar-refractivity contribution in [3.8, 4) is 5.75 Å². The van der Waals surface area contributed by atoms with Crippen LogP contribution in [0.15, 0.2) is 29.3 Å². The Morgan fingerprint density at radius 3 is 2.43 bits per heavy atom. The average Bonchev–Trinajstić information content (AvgIpc) is 2.95. The molecule has 0 bridgehead atoms. The van der Waals surface area contributed by atoms with Gasteiger partial charge in [0.2, 0.25) is 0 Å². The molecule has 0 aromatic heterocycles. The van der Waals surface area contributed by atoms with Crippen molar-refractivity contribution in [3.63, 3.8) is 0 Å². The number of thioether (sulfide) groups is 1. The van der Waals surface area contributed by atoms with E-state index in [0.717, 1.165) is 29.4 Å². The van der Waals surface area contributed by atoms with E-state index in [2.05, 4.69) is 31.0 Å². The lowest BCUT2D eigenvalue weighted by molar-refractivity contribution is 0.268. The van der Waals surface area contributed by atoms with Gasteiger partial charge in [-0.15, -0.1) is 11.8 Å². The Hall–Kier alpha value is -1.00. The maximum Gasteiger partial charge on any atom is 0.119 e. The molecule has 128 valence electrons. The van der Waals surface area contributed by atoms with E-state index in [0.29, 0.717) is 5.25 Å². The van der Waals surface area contributed by atoms with E-state index in [1.165, 1.54) is 32.1 Å². The van der Waals surface area contributed by atoms with Crippen molar-refractivity contribution in [2.24, 2.45) is 4.99 Å². The molecule has 23 heavy (non-hydrogen) atoms. The number of ether oxygens (including phenoxy) is 1. The smallest absolute Gasteiger partial charge is 0.119 e. The Morgan fingerprint density at radius 1 is 1.09 bits per heavy atom. The molecule has 1 N–H and O–H groups in total. The summed E-state index contributed by atoms with van der Waals surface area (Å²) < 4.78 is 5.81. The number of hydrogen-bond donors (Lipinski definition) is 1. The zero-order chi connectivity index (χ0) is 16.5. The SMILES string of the molecule is CCCCCCCCOc1ccc(C2=N[C@@H](CO)[C@H](C)S2)cc1. The Balaban J connectivity index is 1.73. The quantitative estimate of drug-likeness (QED) is 0.632. The molecule has 1 heterocycles. The molecule has 1 aliphatic heterocycles. The molecule has 2 atom stereocenters. The van der Waals surface area contributed by atoms with Crippen molar-refractivity contribution in [3.05, 3.63) is 29.8 Å². The molecule has 2 rings (SSSR count). The molecule has 1 aromatic carbocycles. The van der Waals surface area contributed by atoms with E-state index in [9.17, 15) is 5.11 Å². The largest absolute Gasteiger partial charge is 0.494 e. The van der Waals surface area contributed by atoms with Crippen molar-refractivity contribution >= 4 is 16.8 Å². The standard InChI is InChI=1S/C19H29NO2S/c1-3-4-5-6-7-8-13-22-17-11-9-16(10-12-17)19-20-18(14-21)15(2)23-19/h9-12,15,18,21H,3-8,13-14H2,1-2H3/t15-,18-/m0/s1. The number of benzene rings is 1. The minimum Gasteiger partial charge on any atom is -0.494 e. The van der Waals surface area contributed by atoms with E-state index in [4.69, 9.17) is 4.74 Å². The van der Waals surface area contributed by atoms with E-state index in [1.54, 1.807) is 11.8 Å². The minimum absolute atomic E-state index is 0.0265. The second-order valence-electron chi connectivity index (χ2n) is 6.15. The average molecular weight is 336 g/mol. The van der Waals surface area contributed by atoms with Gasteiger partial charge < -0.3 is 9.84 Å². The Bertz CT molecular complexity index is 487. The van der Waals surface area contributed by atoms with Gasteiger partial charge in [-0.25, -0.2) is 0 Å². The summed E-state index contributed by atoms with van der Waals surface area (Å²) in [7, 11) is 0. The monoisotopic (exact) mass is 335 g/mol. The third kappa shape index (κ3) is 5.85. The fourth-order valence-electron chi connectivity index (χ4n) is 2.64. The first-order valence-corrected chi connectivity index (χ1v) is 9.71. The molecule has 1 aliphatic rings. The van der Waals surface area contributed by atoms with Gasteiger partial charge >= 0.3 is 0 Å². The van der Waals surface area contributed by atoms with E-state index < -0.39 is 0 Å². The number of aliphatic hydroxyl groups is 1. The summed E-state index contributed by atoms with van der Waals surface area (Å²) in [6.45, 7) is 5.27. The van der Waals surface area contributed by atoms with Crippen LogP contribution >= 0.6 is 11.8 Å². The van der Waals surface area contributed by atoms with Crippen LogP contribution in [0.5, 0.6) is 5.75 Å². The van der Waals surface area contributed by atoms with Gasteiger partial charge in [-0.05, 0) is 30.7 Å². The zero-order valence-electron chi connectivity index (χ0n) is 14.3. The first-order chi connectivity index (χ1) is 11.2. The van der Waals surface area contributed by atoms with Crippen molar-refractivity contribution in [1.29, 1.82) is 0 Å². The molecule has 3 nitrogen and oxygen atoms in total. The fraction of sp³-hybridized carbons (Fsp3) is 0.632. The highest BCUT2D eigenvalue weighted by molar-refractivity contribution is 8.15. The number of nitrogens with zero attached hydrogens (tertiary/aromatic N) is 1. The lowest BCUT2D eigenvalue weighted by atomic mass is 10.1. The molecule has 0 unspecified atom stereocenters. The van der Waals surface area contributed by atoms with Crippen LogP contribution in [0, 0.1) is 0 Å². The minimum atomic E-state index is 0.0265. The number of unbranched alkanes of at least 4 members (excludes halogenated alkanes) is 5. The normalized spacial score (nSPS) is 20.6. The summed E-state index contributed by atoms with van der Waals surface area (Å²) >= 11 is 1.74.